The fourth-order valence-corrected chi connectivity index (χ4v) is 0.645. The summed E-state index contributed by atoms with van der Waals surface area (Å²) in [6.45, 7) is 0. The minimum Gasteiger partial charge on any atom is -0.395 e. The molecule has 0 aliphatic heterocycles. The highest BCUT2D eigenvalue weighted by atomic mass is 79.9. The summed E-state index contributed by atoms with van der Waals surface area (Å²) < 4.78 is 34.3. The van der Waals surface area contributed by atoms with Gasteiger partial charge in [0, 0.05) is 4.47 Å². The Bertz CT molecular complexity index is 237. The molecule has 1 aromatic rings. The van der Waals surface area contributed by atoms with Crippen LogP contribution >= 0.6 is 15.9 Å². The van der Waals surface area contributed by atoms with Crippen LogP contribution in [-0.4, -0.2) is 0 Å². The number of hydrogen-bond acceptors (Lipinski definition) is 1. The molecule has 0 amide bonds. The zero-order chi connectivity index (χ0) is 9.46. The number of nitrogen functional groups attached to an aromatic ring is 1. The highest BCUT2D eigenvalue weighted by Gasteiger charge is 1.98. The van der Waals surface area contributed by atoms with Crippen molar-refractivity contribution in [1.82, 2.24) is 0 Å². The summed E-state index contributed by atoms with van der Waals surface area (Å²) in [6, 6.07) is -1.37. The first-order valence-electron chi connectivity index (χ1n) is 3.67. The average Bonchev–Trinajstić information content (AvgIpc) is 2.08. The van der Waals surface area contributed by atoms with E-state index >= 15 is 0 Å². The summed E-state index contributed by atoms with van der Waals surface area (Å²) in [5.74, 6) is -0.956. The Kier molecular flexibility index (Phi) is 0.931. The lowest BCUT2D eigenvalue weighted by atomic mass is 10.3. The molecule has 1 rings (SSSR count). The number of halogens is 2. The van der Waals surface area contributed by atoms with Gasteiger partial charge in [-0.3, -0.25) is 0 Å². The van der Waals surface area contributed by atoms with Crippen LogP contribution in [0.2, 0.25) is 0 Å². The third kappa shape index (κ3) is 1.21. The zero-order valence-electron chi connectivity index (χ0n) is 7.33. The Morgan fingerprint density at radius 3 is 3.00 bits per heavy atom. The second-order valence-corrected chi connectivity index (χ2v) is 2.21. The summed E-state index contributed by atoms with van der Waals surface area (Å²) in [7, 11) is 0. The van der Waals surface area contributed by atoms with Gasteiger partial charge in [-0.05, 0) is 28.0 Å². The maximum absolute atomic E-state index is 12.9. The van der Waals surface area contributed by atoms with Crippen LogP contribution in [0.1, 0.15) is 4.11 Å². The van der Waals surface area contributed by atoms with Crippen molar-refractivity contribution in [3.8, 4) is 0 Å². The fourth-order valence-electron chi connectivity index (χ4n) is 0.372. The summed E-state index contributed by atoms with van der Waals surface area (Å²) in [5, 5.41) is 0. The third-order valence-electron chi connectivity index (χ3n) is 0.817. The fraction of sp³-hybridized carbons (Fsp3) is 0. The third-order valence-corrected chi connectivity index (χ3v) is 1.44. The lowest BCUT2D eigenvalue weighted by molar-refractivity contribution is 0.632. The maximum Gasteiger partial charge on any atom is 0.147 e. The minimum atomic E-state index is -0.956. The Morgan fingerprint density at radius 1 is 1.67 bits per heavy atom. The minimum absolute atomic E-state index is 0.0287. The molecular formula is C6H5BrFN. The van der Waals surface area contributed by atoms with Gasteiger partial charge in [0.25, 0.3) is 0 Å². The predicted octanol–water partition coefficient (Wildman–Crippen LogP) is 2.17. The van der Waals surface area contributed by atoms with Crippen molar-refractivity contribution in [3.63, 3.8) is 0 Å². The van der Waals surface area contributed by atoms with E-state index in [9.17, 15) is 4.39 Å². The maximum atomic E-state index is 12.9. The Balaban J connectivity index is 3.60. The molecule has 2 N–H and O–H groups in total. The van der Waals surface area contributed by atoms with E-state index in [2.05, 4.69) is 15.9 Å². The lowest BCUT2D eigenvalue weighted by Crippen LogP contribution is -1.89. The molecule has 1 aromatic carbocycles. The smallest absolute Gasteiger partial charge is 0.147 e. The summed E-state index contributed by atoms with van der Waals surface area (Å²) in [4.78, 5) is 0. The van der Waals surface area contributed by atoms with Crippen molar-refractivity contribution in [3.05, 3.63) is 28.4 Å². The van der Waals surface area contributed by atoms with Crippen molar-refractivity contribution >= 4 is 21.6 Å². The quantitative estimate of drug-likeness (QED) is 0.627. The predicted molar refractivity (Wildman–Crippen MR) is 38.5 cm³/mol. The van der Waals surface area contributed by atoms with Gasteiger partial charge < -0.3 is 5.73 Å². The van der Waals surface area contributed by atoms with Gasteiger partial charge in [-0.25, -0.2) is 4.39 Å². The van der Waals surface area contributed by atoms with Crippen molar-refractivity contribution in [1.29, 1.82) is 0 Å². The molecule has 0 spiro atoms. The molecule has 0 saturated heterocycles. The van der Waals surface area contributed by atoms with Crippen LogP contribution in [0.5, 0.6) is 0 Å². The van der Waals surface area contributed by atoms with E-state index in [1.54, 1.807) is 0 Å². The van der Waals surface area contributed by atoms with Crippen LogP contribution in [0.15, 0.2) is 22.6 Å². The van der Waals surface area contributed by atoms with E-state index in [0.29, 0.717) is 0 Å². The number of hydrogen-bond donors (Lipinski definition) is 1. The summed E-state index contributed by atoms with van der Waals surface area (Å²) in [5.41, 5.74) is 4.92. The largest absolute Gasteiger partial charge is 0.395 e. The van der Waals surface area contributed by atoms with Crippen LogP contribution in [0.25, 0.3) is 0 Å². The normalized spacial score (nSPS) is 14.2. The van der Waals surface area contributed by atoms with Gasteiger partial charge in [0.15, 0.2) is 0 Å². The van der Waals surface area contributed by atoms with Gasteiger partial charge in [0.2, 0.25) is 0 Å². The van der Waals surface area contributed by atoms with Crippen LogP contribution in [0.4, 0.5) is 10.1 Å². The van der Waals surface area contributed by atoms with E-state index in [4.69, 9.17) is 9.85 Å². The highest BCUT2D eigenvalue weighted by molar-refractivity contribution is 9.10. The Morgan fingerprint density at radius 2 is 2.33 bits per heavy atom. The van der Waals surface area contributed by atoms with E-state index < -0.39 is 17.9 Å². The molecule has 0 heterocycles. The number of benzene rings is 1. The highest BCUT2D eigenvalue weighted by Crippen LogP contribution is 2.20. The lowest BCUT2D eigenvalue weighted by Gasteiger charge is -1.95. The number of para-hydroxylation sites is 1. The zero-order valence-corrected chi connectivity index (χ0v) is 5.92. The van der Waals surface area contributed by atoms with Gasteiger partial charge in [-0.15, -0.1) is 0 Å². The molecule has 0 bridgehead atoms. The molecular weight excluding hydrogens is 185 g/mol. The number of nitrogens with two attached hydrogens (primary N) is 1. The van der Waals surface area contributed by atoms with Crippen molar-refractivity contribution in [2.75, 3.05) is 5.73 Å². The first-order chi connectivity index (χ1) is 5.46. The topological polar surface area (TPSA) is 26.0 Å². The molecule has 0 aliphatic carbocycles. The summed E-state index contributed by atoms with van der Waals surface area (Å²) in [6.07, 6.45) is 0. The molecule has 48 valence electrons. The molecule has 0 atom stereocenters. The van der Waals surface area contributed by atoms with Gasteiger partial charge in [0.1, 0.15) is 5.82 Å². The molecule has 0 radical (unpaired) electrons. The van der Waals surface area contributed by atoms with Gasteiger partial charge in [-0.1, -0.05) is 6.04 Å². The van der Waals surface area contributed by atoms with Crippen LogP contribution in [0, 0.1) is 5.82 Å². The van der Waals surface area contributed by atoms with Crippen molar-refractivity contribution in [2.24, 2.45) is 0 Å². The SMILES string of the molecule is [2H]c1c([2H])c(F)c(N)c(Br)c1[2H]. The van der Waals surface area contributed by atoms with Crippen LogP contribution < -0.4 is 5.73 Å². The standard InChI is InChI=1S/C6H5BrFN/c7-4-2-1-3-5(8)6(4)9/h1-3H,9H2/i1D,2D,3D. The van der Waals surface area contributed by atoms with E-state index in [1.165, 1.54) is 0 Å². The molecule has 0 unspecified atom stereocenters. The first kappa shape index (κ1) is 3.56. The monoisotopic (exact) mass is 192 g/mol. The van der Waals surface area contributed by atoms with Crippen LogP contribution in [-0.2, 0) is 0 Å². The number of rotatable bonds is 0. The molecule has 1 nitrogen and oxygen atoms in total. The van der Waals surface area contributed by atoms with Crippen molar-refractivity contribution in [2.45, 2.75) is 0 Å². The molecule has 0 aromatic heterocycles. The van der Waals surface area contributed by atoms with Crippen molar-refractivity contribution < 1.29 is 8.50 Å². The van der Waals surface area contributed by atoms with E-state index in [1.807, 2.05) is 0 Å². The second-order valence-electron chi connectivity index (χ2n) is 1.42. The van der Waals surface area contributed by atoms with Gasteiger partial charge in [-0.2, -0.15) is 0 Å². The molecule has 0 aliphatic rings. The van der Waals surface area contributed by atoms with Gasteiger partial charge >= 0.3 is 0 Å². The Hall–Kier alpha value is -0.570. The van der Waals surface area contributed by atoms with E-state index in [-0.39, 0.29) is 16.2 Å². The number of anilines is 1. The molecule has 0 fully saturated rings. The summed E-state index contributed by atoms with van der Waals surface area (Å²) >= 11 is 2.86. The first-order valence-corrected chi connectivity index (χ1v) is 2.96. The molecule has 0 saturated carbocycles. The van der Waals surface area contributed by atoms with Gasteiger partial charge in [0.05, 0.1) is 9.80 Å². The molecule has 3 heteroatoms. The Labute approximate surface area is 65.0 Å². The van der Waals surface area contributed by atoms with E-state index in [0.717, 1.165) is 0 Å². The molecule has 9 heavy (non-hydrogen) atoms. The van der Waals surface area contributed by atoms with Crippen LogP contribution in [0.3, 0.4) is 0 Å². The average molecular weight is 193 g/mol. The second kappa shape index (κ2) is 2.35.